The van der Waals surface area contributed by atoms with E-state index in [0.29, 0.717) is 22.5 Å². The maximum atomic E-state index is 14.3. The van der Waals surface area contributed by atoms with Crippen molar-refractivity contribution >= 4 is 11.0 Å². The van der Waals surface area contributed by atoms with Crippen LogP contribution in [0.1, 0.15) is 0 Å². The van der Waals surface area contributed by atoms with E-state index in [0.717, 1.165) is 10.9 Å². The molecule has 0 amide bonds. The van der Waals surface area contributed by atoms with Gasteiger partial charge in [0.05, 0.1) is 11.9 Å². The van der Waals surface area contributed by atoms with Crippen LogP contribution in [0.15, 0.2) is 66.0 Å². The quantitative estimate of drug-likeness (QED) is 0.616. The van der Waals surface area contributed by atoms with E-state index < -0.39 is 5.82 Å². The van der Waals surface area contributed by atoms with E-state index in [4.69, 9.17) is 0 Å². The molecule has 0 saturated carbocycles. The Morgan fingerprint density at radius 1 is 0.917 bits per heavy atom. The van der Waals surface area contributed by atoms with Gasteiger partial charge in [-0.15, -0.1) is 0 Å². The van der Waals surface area contributed by atoms with Crippen molar-refractivity contribution in [1.82, 2.24) is 19.9 Å². The molecule has 4 heterocycles. The Labute approximate surface area is 135 Å². The van der Waals surface area contributed by atoms with Crippen LogP contribution in [0, 0.1) is 5.82 Å². The molecule has 0 aliphatic heterocycles. The molecule has 4 aromatic heterocycles. The van der Waals surface area contributed by atoms with Gasteiger partial charge in [0.1, 0.15) is 11.5 Å². The number of H-pyrrole nitrogens is 1. The number of nitrogens with one attached hydrogen (secondary N) is 1. The first-order valence-corrected chi connectivity index (χ1v) is 7.27. The zero-order chi connectivity index (χ0) is 16.5. The summed E-state index contributed by atoms with van der Waals surface area (Å²) in [7, 11) is 0. The van der Waals surface area contributed by atoms with Crippen molar-refractivity contribution in [2.75, 3.05) is 0 Å². The second-order valence-electron chi connectivity index (χ2n) is 5.24. The van der Waals surface area contributed by atoms with Crippen molar-refractivity contribution in [3.05, 3.63) is 77.4 Å². The molecule has 0 aromatic carbocycles. The number of hydrogen-bond acceptors (Lipinski definition) is 4. The zero-order valence-electron chi connectivity index (χ0n) is 12.4. The fourth-order valence-electron chi connectivity index (χ4n) is 2.61. The molecule has 0 atom stereocenters. The molecule has 5 nitrogen and oxygen atoms in total. The molecule has 0 aliphatic rings. The van der Waals surface area contributed by atoms with E-state index in [1.165, 1.54) is 18.5 Å². The fraction of sp³-hybridized carbons (Fsp3) is 0. The molecule has 0 aliphatic carbocycles. The van der Waals surface area contributed by atoms with Gasteiger partial charge in [0, 0.05) is 46.7 Å². The summed E-state index contributed by atoms with van der Waals surface area (Å²) in [5, 5.41) is 0.721. The third-order valence-electron chi connectivity index (χ3n) is 3.72. The molecule has 116 valence electrons. The van der Waals surface area contributed by atoms with Gasteiger partial charge >= 0.3 is 0 Å². The first-order chi connectivity index (χ1) is 11.7. The molecule has 0 unspecified atom stereocenters. The second kappa shape index (κ2) is 5.66. The summed E-state index contributed by atoms with van der Waals surface area (Å²) in [4.78, 5) is 26.6. The summed E-state index contributed by atoms with van der Waals surface area (Å²) >= 11 is 0. The monoisotopic (exact) mass is 318 g/mol. The fourth-order valence-corrected chi connectivity index (χ4v) is 2.61. The lowest BCUT2D eigenvalue weighted by Gasteiger charge is -2.11. The van der Waals surface area contributed by atoms with Crippen LogP contribution in [0.4, 0.5) is 4.39 Å². The largest absolute Gasteiger partial charge is 0.307 e. The number of fused-ring (bicyclic) bond motifs is 1. The maximum absolute atomic E-state index is 14.3. The predicted octanol–water partition coefficient (Wildman–Crippen LogP) is 3.19. The Kier molecular flexibility index (Phi) is 3.35. The van der Waals surface area contributed by atoms with Gasteiger partial charge in [0.2, 0.25) is 5.56 Å². The maximum Gasteiger partial charge on any atom is 0.249 e. The number of halogens is 1. The molecular weight excluding hydrogens is 307 g/mol. The Morgan fingerprint density at radius 3 is 2.50 bits per heavy atom. The van der Waals surface area contributed by atoms with Crippen molar-refractivity contribution in [1.29, 1.82) is 0 Å². The van der Waals surface area contributed by atoms with Gasteiger partial charge in [-0.1, -0.05) is 0 Å². The van der Waals surface area contributed by atoms with Gasteiger partial charge in [-0.3, -0.25) is 14.8 Å². The minimum Gasteiger partial charge on any atom is -0.307 e. The minimum absolute atomic E-state index is 0.237. The Morgan fingerprint density at radius 2 is 1.71 bits per heavy atom. The molecule has 0 fully saturated rings. The van der Waals surface area contributed by atoms with Crippen molar-refractivity contribution < 1.29 is 4.39 Å². The number of pyridine rings is 4. The summed E-state index contributed by atoms with van der Waals surface area (Å²) in [5.41, 5.74) is 2.59. The number of aromatic nitrogens is 4. The van der Waals surface area contributed by atoms with Crippen LogP contribution >= 0.6 is 0 Å². The summed E-state index contributed by atoms with van der Waals surface area (Å²) in [6, 6.07) is 10.1. The van der Waals surface area contributed by atoms with E-state index in [9.17, 15) is 9.18 Å². The topological polar surface area (TPSA) is 71.5 Å². The van der Waals surface area contributed by atoms with E-state index in [1.54, 1.807) is 36.7 Å². The lowest BCUT2D eigenvalue weighted by atomic mass is 9.99. The van der Waals surface area contributed by atoms with Gasteiger partial charge < -0.3 is 4.98 Å². The molecule has 0 bridgehead atoms. The van der Waals surface area contributed by atoms with Crippen molar-refractivity contribution in [3.8, 4) is 22.4 Å². The highest BCUT2D eigenvalue weighted by atomic mass is 19.1. The standard InChI is InChI=1S/C18H11FN4O/c19-15-10-21-8-5-13(15)14-9-12-1-2-16(24)22-18(12)23-17(14)11-3-6-20-7-4-11/h1-10H,(H,22,23,24). The molecule has 6 heteroatoms. The van der Waals surface area contributed by atoms with E-state index in [2.05, 4.69) is 19.9 Å². The Bertz CT molecular complexity index is 1090. The number of nitrogens with zero attached hydrogens (tertiary/aromatic N) is 3. The highest BCUT2D eigenvalue weighted by molar-refractivity contribution is 5.89. The molecule has 0 radical (unpaired) electrons. The lowest BCUT2D eigenvalue weighted by molar-refractivity contribution is 0.625. The average Bonchev–Trinajstić information content (AvgIpc) is 2.62. The van der Waals surface area contributed by atoms with Crippen LogP contribution in [-0.2, 0) is 0 Å². The molecule has 0 spiro atoms. The van der Waals surface area contributed by atoms with Gasteiger partial charge in [-0.2, -0.15) is 0 Å². The highest BCUT2D eigenvalue weighted by Crippen LogP contribution is 2.33. The average molecular weight is 318 g/mol. The first-order valence-electron chi connectivity index (χ1n) is 7.27. The minimum atomic E-state index is -0.432. The van der Waals surface area contributed by atoms with Crippen LogP contribution in [0.5, 0.6) is 0 Å². The molecular formula is C18H11FN4O. The smallest absolute Gasteiger partial charge is 0.249 e. The predicted molar refractivity (Wildman–Crippen MR) is 88.8 cm³/mol. The highest BCUT2D eigenvalue weighted by Gasteiger charge is 2.14. The van der Waals surface area contributed by atoms with Gasteiger partial charge in [0.15, 0.2) is 0 Å². The van der Waals surface area contributed by atoms with Crippen LogP contribution in [0.2, 0.25) is 0 Å². The third kappa shape index (κ3) is 2.44. The Balaban J connectivity index is 2.09. The molecule has 4 aromatic rings. The van der Waals surface area contributed by atoms with Crippen LogP contribution in [0.3, 0.4) is 0 Å². The van der Waals surface area contributed by atoms with Crippen LogP contribution in [-0.4, -0.2) is 19.9 Å². The number of aromatic amines is 1. The molecule has 4 rings (SSSR count). The zero-order valence-corrected chi connectivity index (χ0v) is 12.4. The third-order valence-corrected chi connectivity index (χ3v) is 3.72. The molecule has 1 N–H and O–H groups in total. The molecule has 0 saturated heterocycles. The normalized spacial score (nSPS) is 10.9. The summed E-state index contributed by atoms with van der Waals surface area (Å²) in [6.07, 6.45) is 5.98. The summed E-state index contributed by atoms with van der Waals surface area (Å²) in [5.74, 6) is -0.432. The summed E-state index contributed by atoms with van der Waals surface area (Å²) < 4.78 is 14.3. The van der Waals surface area contributed by atoms with Gasteiger partial charge in [-0.05, 0) is 30.3 Å². The molecule has 24 heavy (non-hydrogen) atoms. The summed E-state index contributed by atoms with van der Waals surface area (Å²) in [6.45, 7) is 0. The van der Waals surface area contributed by atoms with Gasteiger partial charge in [-0.25, -0.2) is 9.37 Å². The van der Waals surface area contributed by atoms with Gasteiger partial charge in [0.25, 0.3) is 0 Å². The van der Waals surface area contributed by atoms with Crippen molar-refractivity contribution in [2.45, 2.75) is 0 Å². The van der Waals surface area contributed by atoms with Crippen molar-refractivity contribution in [3.63, 3.8) is 0 Å². The number of hydrogen-bond donors (Lipinski definition) is 1. The Hall–Kier alpha value is -3.41. The van der Waals surface area contributed by atoms with E-state index >= 15 is 0 Å². The first kappa shape index (κ1) is 14.2. The van der Waals surface area contributed by atoms with E-state index in [1.807, 2.05) is 6.07 Å². The van der Waals surface area contributed by atoms with Crippen molar-refractivity contribution in [2.24, 2.45) is 0 Å². The number of rotatable bonds is 2. The van der Waals surface area contributed by atoms with Crippen LogP contribution < -0.4 is 5.56 Å². The van der Waals surface area contributed by atoms with Crippen LogP contribution in [0.25, 0.3) is 33.4 Å². The SMILES string of the molecule is O=c1ccc2cc(-c3ccncc3F)c(-c3ccncc3)nc2[nH]1. The van der Waals surface area contributed by atoms with E-state index in [-0.39, 0.29) is 5.56 Å². The lowest BCUT2D eigenvalue weighted by Crippen LogP contribution is -2.05. The second-order valence-corrected chi connectivity index (χ2v) is 5.24.